The fourth-order valence-electron chi connectivity index (χ4n) is 5.21. The number of aryl methyl sites for hydroxylation is 1. The van der Waals surface area contributed by atoms with Crippen LogP contribution in [0.1, 0.15) is 44.1 Å². The van der Waals surface area contributed by atoms with Crippen LogP contribution < -0.4 is 4.74 Å². The predicted molar refractivity (Wildman–Crippen MR) is 136 cm³/mol. The van der Waals surface area contributed by atoms with E-state index in [4.69, 9.17) is 21.1 Å². The highest BCUT2D eigenvalue weighted by Crippen LogP contribution is 2.46. The average molecular weight is 527 g/mol. The maximum Gasteiger partial charge on any atom is 0.327 e. The topological polar surface area (TPSA) is 107 Å². The Kier molecular flexibility index (Phi) is 7.29. The van der Waals surface area contributed by atoms with E-state index in [0.29, 0.717) is 34.6 Å². The van der Waals surface area contributed by atoms with Gasteiger partial charge in [0.2, 0.25) is 5.16 Å². The lowest BCUT2D eigenvalue weighted by atomic mass is 9.76. The maximum atomic E-state index is 13.4. The molecule has 0 bridgehead atoms. The Morgan fingerprint density at radius 2 is 1.97 bits per heavy atom. The number of nitrogens with zero attached hydrogens (tertiary/aromatic N) is 3. The van der Waals surface area contributed by atoms with Crippen LogP contribution in [0.25, 0.3) is 11.4 Å². The molecule has 2 fully saturated rings. The molecule has 36 heavy (non-hydrogen) atoms. The number of methoxy groups -OCH3 is 1. The fourth-order valence-corrected chi connectivity index (χ4v) is 6.30. The van der Waals surface area contributed by atoms with Gasteiger partial charge in [0.1, 0.15) is 11.4 Å². The van der Waals surface area contributed by atoms with Crippen molar-refractivity contribution in [3.63, 3.8) is 0 Å². The molecule has 3 heterocycles. The summed E-state index contributed by atoms with van der Waals surface area (Å²) in [6, 6.07) is 9.28. The zero-order valence-corrected chi connectivity index (χ0v) is 21.5. The Hall–Kier alpha value is -2.91. The number of ketones is 1. The van der Waals surface area contributed by atoms with E-state index in [1.165, 1.54) is 0 Å². The van der Waals surface area contributed by atoms with Crippen molar-refractivity contribution < 1.29 is 19.1 Å². The van der Waals surface area contributed by atoms with Crippen molar-refractivity contribution in [2.45, 2.75) is 61.0 Å². The summed E-state index contributed by atoms with van der Waals surface area (Å²) in [5.74, 6) is 0.698. The first-order valence-electron chi connectivity index (χ1n) is 12.0. The Morgan fingerprint density at radius 1 is 1.19 bits per heavy atom. The number of hydrogen-bond acceptors (Lipinski definition) is 8. The first kappa shape index (κ1) is 24.8. The van der Waals surface area contributed by atoms with E-state index in [1.807, 2.05) is 18.2 Å². The number of rotatable bonds is 8. The minimum Gasteiger partial charge on any atom is -0.495 e. The van der Waals surface area contributed by atoms with Gasteiger partial charge in [-0.15, -0.1) is 5.10 Å². The zero-order chi connectivity index (χ0) is 25.1. The predicted octanol–water partition coefficient (Wildman–Crippen LogP) is 5.07. The minimum atomic E-state index is -0.976. The molecular weight excluding hydrogens is 500 g/mol. The molecule has 188 valence electrons. The summed E-state index contributed by atoms with van der Waals surface area (Å²) in [4.78, 5) is 35.0. The summed E-state index contributed by atoms with van der Waals surface area (Å²) in [7, 11) is 1.58. The fraction of sp³-hybridized carbons (Fsp3) is 0.423. The van der Waals surface area contributed by atoms with Crippen LogP contribution in [-0.4, -0.2) is 49.9 Å². The zero-order valence-electron chi connectivity index (χ0n) is 19.9. The van der Waals surface area contributed by atoms with Crippen molar-refractivity contribution >= 4 is 35.1 Å². The Labute approximate surface area is 218 Å². The van der Waals surface area contributed by atoms with E-state index in [0.717, 1.165) is 48.6 Å². The van der Waals surface area contributed by atoms with Gasteiger partial charge in [-0.2, -0.15) is 0 Å². The highest BCUT2D eigenvalue weighted by molar-refractivity contribution is 8.01. The number of halogens is 1. The first-order chi connectivity index (χ1) is 17.5. The molecule has 0 radical (unpaired) electrons. The third-order valence-corrected chi connectivity index (χ3v) is 8.46. The molecule has 0 spiro atoms. The number of thioether (sulfide) groups is 1. The number of carbonyl (C=O) groups excluding carboxylic acids is 2. The van der Waals surface area contributed by atoms with Crippen LogP contribution in [0.3, 0.4) is 0 Å². The van der Waals surface area contributed by atoms with Crippen molar-refractivity contribution in [1.82, 2.24) is 20.2 Å². The van der Waals surface area contributed by atoms with Crippen LogP contribution >= 0.6 is 23.4 Å². The second-order valence-electron chi connectivity index (χ2n) is 9.28. The number of benzene rings is 1. The smallest absolute Gasteiger partial charge is 0.327 e. The molecule has 2 atom stereocenters. The van der Waals surface area contributed by atoms with Gasteiger partial charge in [0, 0.05) is 24.4 Å². The van der Waals surface area contributed by atoms with E-state index in [2.05, 4.69) is 20.2 Å². The van der Waals surface area contributed by atoms with Crippen LogP contribution in [0.15, 0.2) is 47.9 Å². The summed E-state index contributed by atoms with van der Waals surface area (Å²) in [6.07, 6.45) is 8.82. The van der Waals surface area contributed by atoms with Crippen LogP contribution in [0.4, 0.5) is 0 Å². The molecule has 1 saturated heterocycles. The maximum absolute atomic E-state index is 13.4. The highest BCUT2D eigenvalue weighted by atomic mass is 35.5. The van der Waals surface area contributed by atoms with Gasteiger partial charge in [-0.3, -0.25) is 19.7 Å². The van der Waals surface area contributed by atoms with Crippen LogP contribution in [0, 0.1) is 5.92 Å². The third-order valence-electron chi connectivity index (χ3n) is 7.08. The van der Waals surface area contributed by atoms with Gasteiger partial charge in [0.05, 0.1) is 12.1 Å². The molecular formula is C26H27ClN4O4S. The first-order valence-corrected chi connectivity index (χ1v) is 13.3. The minimum absolute atomic E-state index is 0.133. The molecule has 3 aromatic rings. The third kappa shape index (κ3) is 5.13. The molecule has 2 unspecified atom stereocenters. The standard InChI is InChI=1S/C26H27ClN4O4S/c1-34-21-7-6-16(14-19(21)27)8-11-26(18-4-2-3-5-18)15-20(32)22(24(33)35-26)36-25-29-23(30-31-25)17-9-12-28-13-10-17/h6-7,9-10,12-14,18,22H,2-5,8,11,15H2,1H3,(H,29,30,31). The lowest BCUT2D eigenvalue weighted by Gasteiger charge is -2.42. The summed E-state index contributed by atoms with van der Waals surface area (Å²) in [6.45, 7) is 0. The SMILES string of the molecule is COc1ccc(CCC2(C3CCCC3)CC(=O)C(Sc3n[nH]c(-c4ccncc4)n3)C(=O)O2)cc1Cl. The molecule has 2 aliphatic rings. The number of cyclic esters (lactones) is 1. The van der Waals surface area contributed by atoms with Gasteiger partial charge in [-0.25, -0.2) is 4.98 Å². The Balaban J connectivity index is 1.31. The van der Waals surface area contributed by atoms with E-state index >= 15 is 0 Å². The molecule has 5 rings (SSSR count). The molecule has 1 aromatic carbocycles. The Bertz CT molecular complexity index is 1230. The van der Waals surface area contributed by atoms with E-state index in [9.17, 15) is 9.59 Å². The summed E-state index contributed by atoms with van der Waals surface area (Å²) >= 11 is 7.35. The van der Waals surface area contributed by atoms with Gasteiger partial charge in [0.25, 0.3) is 0 Å². The van der Waals surface area contributed by atoms with Gasteiger partial charge in [-0.05, 0) is 61.4 Å². The van der Waals surface area contributed by atoms with Crippen molar-refractivity contribution in [3.8, 4) is 17.1 Å². The number of ether oxygens (including phenoxy) is 2. The molecule has 1 aliphatic heterocycles. The summed E-state index contributed by atoms with van der Waals surface area (Å²) in [5, 5.41) is 6.95. The molecule has 2 aromatic heterocycles. The second kappa shape index (κ2) is 10.6. The number of pyridine rings is 1. The number of H-pyrrole nitrogens is 1. The van der Waals surface area contributed by atoms with E-state index in [-0.39, 0.29) is 18.1 Å². The van der Waals surface area contributed by atoms with Crippen molar-refractivity contribution in [2.75, 3.05) is 7.11 Å². The van der Waals surface area contributed by atoms with Crippen LogP contribution in [0.2, 0.25) is 5.02 Å². The van der Waals surface area contributed by atoms with Crippen molar-refractivity contribution in [3.05, 3.63) is 53.3 Å². The second-order valence-corrected chi connectivity index (χ2v) is 10.8. The largest absolute Gasteiger partial charge is 0.495 e. The molecule has 1 saturated carbocycles. The molecule has 10 heteroatoms. The number of hydrogen-bond donors (Lipinski definition) is 1. The van der Waals surface area contributed by atoms with Gasteiger partial charge < -0.3 is 9.47 Å². The van der Waals surface area contributed by atoms with Gasteiger partial charge in [0.15, 0.2) is 16.9 Å². The van der Waals surface area contributed by atoms with E-state index in [1.54, 1.807) is 31.6 Å². The average Bonchev–Trinajstić information content (AvgIpc) is 3.59. The number of aromatic nitrogens is 4. The number of esters is 1. The van der Waals surface area contributed by atoms with E-state index < -0.39 is 16.8 Å². The molecule has 8 nitrogen and oxygen atoms in total. The quantitative estimate of drug-likeness (QED) is 0.320. The van der Waals surface area contributed by atoms with Gasteiger partial charge in [-0.1, -0.05) is 42.3 Å². The number of carbonyl (C=O) groups is 2. The Morgan fingerprint density at radius 3 is 2.67 bits per heavy atom. The molecule has 1 N–H and O–H groups in total. The summed E-state index contributed by atoms with van der Waals surface area (Å²) in [5.41, 5.74) is 1.04. The lowest BCUT2D eigenvalue weighted by molar-refractivity contribution is -0.177. The van der Waals surface area contributed by atoms with Crippen molar-refractivity contribution in [2.24, 2.45) is 5.92 Å². The number of nitrogens with one attached hydrogen (secondary N) is 1. The molecule has 0 amide bonds. The number of Topliss-reactive ketones (excluding diaryl/α,β-unsaturated/α-hetero) is 1. The number of aromatic amines is 1. The van der Waals surface area contributed by atoms with Crippen molar-refractivity contribution in [1.29, 1.82) is 0 Å². The monoisotopic (exact) mass is 526 g/mol. The highest BCUT2D eigenvalue weighted by Gasteiger charge is 2.52. The van der Waals surface area contributed by atoms with Crippen LogP contribution in [0.5, 0.6) is 5.75 Å². The summed E-state index contributed by atoms with van der Waals surface area (Å²) < 4.78 is 11.4. The van der Waals surface area contributed by atoms with Crippen LogP contribution in [-0.2, 0) is 20.7 Å². The lowest BCUT2D eigenvalue weighted by Crippen LogP contribution is -2.53. The normalized spacial score (nSPS) is 22.6. The molecule has 1 aliphatic carbocycles. The van der Waals surface area contributed by atoms with Gasteiger partial charge >= 0.3 is 5.97 Å².